The number of benzene rings is 2. The maximum atomic E-state index is 8.86. The lowest BCUT2D eigenvalue weighted by Crippen LogP contribution is -2.15. The summed E-state index contributed by atoms with van der Waals surface area (Å²) < 4.78 is 5.39. The highest BCUT2D eigenvalue weighted by atomic mass is 16.5. The molecule has 0 fully saturated rings. The van der Waals surface area contributed by atoms with Crippen LogP contribution in [0, 0.1) is 11.3 Å². The quantitative estimate of drug-likeness (QED) is 0.888. The van der Waals surface area contributed by atoms with E-state index in [1.807, 2.05) is 30.3 Å². The van der Waals surface area contributed by atoms with E-state index in [-0.39, 0.29) is 5.92 Å². The van der Waals surface area contributed by atoms with E-state index in [1.54, 1.807) is 7.11 Å². The lowest BCUT2D eigenvalue weighted by atomic mass is 9.90. The zero-order valence-corrected chi connectivity index (χ0v) is 13.2. The van der Waals surface area contributed by atoms with Crippen LogP contribution in [-0.4, -0.2) is 13.7 Å². The molecule has 0 aliphatic heterocycles. The van der Waals surface area contributed by atoms with Crippen LogP contribution < -0.4 is 10.5 Å². The molecule has 114 valence electrons. The Hall–Kier alpha value is -2.31. The minimum atomic E-state index is 0.268. The lowest BCUT2D eigenvalue weighted by molar-refractivity contribution is 0.410. The molecule has 0 spiro atoms. The van der Waals surface area contributed by atoms with Crippen LogP contribution in [0.4, 0.5) is 0 Å². The summed E-state index contributed by atoms with van der Waals surface area (Å²) in [5.74, 6) is 1.20. The average Bonchev–Trinajstić information content (AvgIpc) is 2.59. The van der Waals surface area contributed by atoms with E-state index in [4.69, 9.17) is 15.7 Å². The number of nitriles is 1. The van der Waals surface area contributed by atoms with E-state index < -0.39 is 0 Å². The van der Waals surface area contributed by atoms with Gasteiger partial charge in [-0.3, -0.25) is 0 Å². The molecule has 2 rings (SSSR count). The minimum absolute atomic E-state index is 0.268. The van der Waals surface area contributed by atoms with Gasteiger partial charge in [0.2, 0.25) is 0 Å². The highest BCUT2D eigenvalue weighted by molar-refractivity contribution is 5.39. The molecule has 0 aromatic heterocycles. The standard InChI is InChI=1S/C19H22N2O/c1-3-16-11-17(8-9-19(16)22-2)18(13-21)10-14-4-6-15(12-20)7-5-14/h4-9,11,18H,3,10,13,21H2,1-2H3. The summed E-state index contributed by atoms with van der Waals surface area (Å²) in [6, 6.07) is 16.2. The largest absolute Gasteiger partial charge is 0.496 e. The first-order chi connectivity index (χ1) is 10.7. The van der Waals surface area contributed by atoms with Crippen molar-refractivity contribution in [2.75, 3.05) is 13.7 Å². The number of nitrogens with two attached hydrogens (primary N) is 1. The minimum Gasteiger partial charge on any atom is -0.496 e. The molecule has 0 aliphatic carbocycles. The van der Waals surface area contributed by atoms with Gasteiger partial charge in [-0.15, -0.1) is 0 Å². The molecule has 0 saturated heterocycles. The topological polar surface area (TPSA) is 59.0 Å². The SMILES string of the molecule is CCc1cc(C(CN)Cc2ccc(C#N)cc2)ccc1OC. The normalized spacial score (nSPS) is 11.7. The number of ether oxygens (including phenoxy) is 1. The molecule has 0 radical (unpaired) electrons. The molecule has 0 aliphatic rings. The van der Waals surface area contributed by atoms with Gasteiger partial charge in [0.15, 0.2) is 0 Å². The monoisotopic (exact) mass is 294 g/mol. The Morgan fingerprint density at radius 2 is 1.91 bits per heavy atom. The van der Waals surface area contributed by atoms with Gasteiger partial charge in [-0.2, -0.15) is 5.26 Å². The van der Waals surface area contributed by atoms with E-state index in [0.29, 0.717) is 12.1 Å². The average molecular weight is 294 g/mol. The number of rotatable bonds is 6. The van der Waals surface area contributed by atoms with Crippen molar-refractivity contribution in [2.24, 2.45) is 5.73 Å². The van der Waals surface area contributed by atoms with E-state index in [1.165, 1.54) is 16.7 Å². The van der Waals surface area contributed by atoms with Crippen LogP contribution in [-0.2, 0) is 12.8 Å². The van der Waals surface area contributed by atoms with Crippen LogP contribution >= 0.6 is 0 Å². The number of methoxy groups -OCH3 is 1. The first-order valence-electron chi connectivity index (χ1n) is 7.57. The maximum Gasteiger partial charge on any atom is 0.122 e. The Morgan fingerprint density at radius 1 is 1.18 bits per heavy atom. The fraction of sp³-hybridized carbons (Fsp3) is 0.316. The summed E-state index contributed by atoms with van der Waals surface area (Å²) >= 11 is 0. The second-order valence-corrected chi connectivity index (χ2v) is 5.37. The summed E-state index contributed by atoms with van der Waals surface area (Å²) in [7, 11) is 1.70. The van der Waals surface area contributed by atoms with Crippen LogP contribution in [0.25, 0.3) is 0 Å². The first kappa shape index (κ1) is 16.1. The molecule has 2 N–H and O–H groups in total. The highest BCUT2D eigenvalue weighted by Gasteiger charge is 2.13. The Bertz CT molecular complexity index is 656. The fourth-order valence-corrected chi connectivity index (χ4v) is 2.67. The van der Waals surface area contributed by atoms with Crippen LogP contribution in [0.2, 0.25) is 0 Å². The molecule has 2 aromatic carbocycles. The van der Waals surface area contributed by atoms with Gasteiger partial charge in [-0.1, -0.05) is 31.2 Å². The summed E-state index contributed by atoms with van der Waals surface area (Å²) in [6.07, 6.45) is 1.81. The van der Waals surface area contributed by atoms with Crippen molar-refractivity contribution >= 4 is 0 Å². The molecule has 0 heterocycles. The van der Waals surface area contributed by atoms with Crippen molar-refractivity contribution in [2.45, 2.75) is 25.7 Å². The van der Waals surface area contributed by atoms with Crippen molar-refractivity contribution in [1.29, 1.82) is 5.26 Å². The predicted octanol–water partition coefficient (Wildman–Crippen LogP) is 3.41. The number of aryl methyl sites for hydroxylation is 1. The van der Waals surface area contributed by atoms with E-state index in [9.17, 15) is 0 Å². The lowest BCUT2D eigenvalue weighted by Gasteiger charge is -2.18. The van der Waals surface area contributed by atoms with Crippen LogP contribution in [0.15, 0.2) is 42.5 Å². The van der Waals surface area contributed by atoms with Gasteiger partial charge in [0.1, 0.15) is 5.75 Å². The Kier molecular flexibility index (Phi) is 5.57. The van der Waals surface area contributed by atoms with Crippen molar-refractivity contribution in [1.82, 2.24) is 0 Å². The smallest absolute Gasteiger partial charge is 0.122 e. The van der Waals surface area contributed by atoms with Crippen LogP contribution in [0.3, 0.4) is 0 Å². The third-order valence-corrected chi connectivity index (χ3v) is 4.01. The highest BCUT2D eigenvalue weighted by Crippen LogP contribution is 2.26. The summed E-state index contributed by atoms with van der Waals surface area (Å²) in [6.45, 7) is 2.72. The molecule has 0 saturated carbocycles. The second kappa shape index (κ2) is 7.63. The molecule has 0 amide bonds. The first-order valence-corrected chi connectivity index (χ1v) is 7.57. The van der Waals surface area contributed by atoms with E-state index in [0.717, 1.165) is 18.6 Å². The van der Waals surface area contributed by atoms with Crippen molar-refractivity contribution in [3.05, 3.63) is 64.7 Å². The third kappa shape index (κ3) is 3.66. The zero-order valence-electron chi connectivity index (χ0n) is 13.2. The Labute approximate surface area is 132 Å². The Balaban J connectivity index is 2.22. The summed E-state index contributed by atoms with van der Waals surface area (Å²) in [5, 5.41) is 8.86. The van der Waals surface area contributed by atoms with Crippen LogP contribution in [0.1, 0.15) is 35.1 Å². The van der Waals surface area contributed by atoms with Gasteiger partial charge in [0, 0.05) is 5.92 Å². The second-order valence-electron chi connectivity index (χ2n) is 5.37. The zero-order chi connectivity index (χ0) is 15.9. The molecule has 22 heavy (non-hydrogen) atoms. The van der Waals surface area contributed by atoms with Gasteiger partial charge < -0.3 is 10.5 Å². The molecule has 2 aromatic rings. The van der Waals surface area contributed by atoms with Crippen molar-refractivity contribution < 1.29 is 4.74 Å². The molecule has 1 unspecified atom stereocenters. The third-order valence-electron chi connectivity index (χ3n) is 4.01. The molecular weight excluding hydrogens is 272 g/mol. The van der Waals surface area contributed by atoms with Gasteiger partial charge in [0.05, 0.1) is 18.7 Å². The predicted molar refractivity (Wildman–Crippen MR) is 89.0 cm³/mol. The molecule has 1 atom stereocenters. The maximum absolute atomic E-state index is 8.86. The molecule has 0 bridgehead atoms. The Morgan fingerprint density at radius 3 is 2.45 bits per heavy atom. The van der Waals surface area contributed by atoms with E-state index >= 15 is 0 Å². The van der Waals surface area contributed by atoms with Crippen LogP contribution in [0.5, 0.6) is 5.75 Å². The van der Waals surface area contributed by atoms with Gasteiger partial charge in [-0.25, -0.2) is 0 Å². The van der Waals surface area contributed by atoms with Gasteiger partial charge >= 0.3 is 0 Å². The van der Waals surface area contributed by atoms with Crippen molar-refractivity contribution in [3.8, 4) is 11.8 Å². The summed E-state index contributed by atoms with van der Waals surface area (Å²) in [4.78, 5) is 0. The fourth-order valence-electron chi connectivity index (χ4n) is 2.67. The van der Waals surface area contributed by atoms with Gasteiger partial charge in [-0.05, 0) is 54.3 Å². The van der Waals surface area contributed by atoms with E-state index in [2.05, 4.69) is 25.1 Å². The van der Waals surface area contributed by atoms with Crippen molar-refractivity contribution in [3.63, 3.8) is 0 Å². The van der Waals surface area contributed by atoms with Gasteiger partial charge in [0.25, 0.3) is 0 Å². The number of hydrogen-bond donors (Lipinski definition) is 1. The molecular formula is C19H22N2O. The summed E-state index contributed by atoms with van der Waals surface area (Å²) in [5.41, 5.74) is 10.3. The molecule has 3 heteroatoms. The molecule has 3 nitrogen and oxygen atoms in total. The number of hydrogen-bond acceptors (Lipinski definition) is 3. The number of nitrogens with zero attached hydrogens (tertiary/aromatic N) is 1.